The molecule has 2 nitrogen and oxygen atoms in total. The van der Waals surface area contributed by atoms with Crippen molar-refractivity contribution >= 4 is 44.7 Å². The van der Waals surface area contributed by atoms with E-state index in [-0.39, 0.29) is 0 Å². The van der Waals surface area contributed by atoms with Crippen molar-refractivity contribution < 1.29 is 4.21 Å². The largest absolute Gasteiger partial charge is 0.306 e. The molecule has 0 radical (unpaired) electrons. The van der Waals surface area contributed by atoms with Gasteiger partial charge in [-0.15, -0.1) is 11.3 Å². The van der Waals surface area contributed by atoms with Gasteiger partial charge in [-0.2, -0.15) is 0 Å². The first-order valence-corrected chi connectivity index (χ1v) is 9.52. The average molecular weight is 383 g/mol. The van der Waals surface area contributed by atoms with Gasteiger partial charge in [0.2, 0.25) is 0 Å². The van der Waals surface area contributed by atoms with Gasteiger partial charge in [-0.1, -0.05) is 0 Å². The summed E-state index contributed by atoms with van der Waals surface area (Å²) < 4.78 is 12.6. The Labute approximate surface area is 123 Å². The Hall–Kier alpha value is 0.540. The monoisotopic (exact) mass is 383 g/mol. The van der Waals surface area contributed by atoms with E-state index in [1.165, 1.54) is 27.7 Å². The maximum Gasteiger partial charge on any atom is 0.0659 e. The van der Waals surface area contributed by atoms with Crippen LogP contribution in [0.25, 0.3) is 0 Å². The zero-order chi connectivity index (χ0) is 12.4. The normalized spacial score (nSPS) is 23.1. The van der Waals surface area contributed by atoms with Crippen molar-refractivity contribution in [2.45, 2.75) is 38.3 Å². The molecule has 1 aliphatic carbocycles. The predicted octanol–water partition coefficient (Wildman–Crippen LogP) is 3.09. The van der Waals surface area contributed by atoms with Crippen LogP contribution in [0.1, 0.15) is 36.2 Å². The number of halogens is 1. The summed E-state index contributed by atoms with van der Waals surface area (Å²) in [4.78, 5) is 1.54. The SMILES string of the molecule is CC(CS(C)=O)NC1CCCc2sc(I)cc21. The maximum atomic E-state index is 11.2. The molecule has 0 amide bonds. The quantitative estimate of drug-likeness (QED) is 0.810. The summed E-state index contributed by atoms with van der Waals surface area (Å²) in [6, 6.07) is 3.11. The van der Waals surface area contributed by atoms with E-state index < -0.39 is 10.8 Å². The number of thiophene rings is 1. The second-order valence-electron chi connectivity index (χ2n) is 4.68. The molecule has 0 spiro atoms. The van der Waals surface area contributed by atoms with Gasteiger partial charge in [0, 0.05) is 39.8 Å². The molecule has 17 heavy (non-hydrogen) atoms. The third kappa shape index (κ3) is 3.75. The lowest BCUT2D eigenvalue weighted by molar-refractivity contribution is 0.428. The van der Waals surface area contributed by atoms with E-state index in [2.05, 4.69) is 40.9 Å². The van der Waals surface area contributed by atoms with Gasteiger partial charge in [0.25, 0.3) is 0 Å². The molecule has 3 unspecified atom stereocenters. The molecule has 0 aromatic carbocycles. The van der Waals surface area contributed by atoms with E-state index in [9.17, 15) is 4.21 Å². The van der Waals surface area contributed by atoms with E-state index in [4.69, 9.17) is 0 Å². The summed E-state index contributed by atoms with van der Waals surface area (Å²) in [5, 5.41) is 3.63. The number of fused-ring (bicyclic) bond motifs is 1. The zero-order valence-electron chi connectivity index (χ0n) is 10.2. The molecule has 96 valence electrons. The molecule has 1 aromatic heterocycles. The Morgan fingerprint density at radius 3 is 3.18 bits per heavy atom. The van der Waals surface area contributed by atoms with Crippen LogP contribution in [0.5, 0.6) is 0 Å². The molecule has 3 atom stereocenters. The first-order chi connectivity index (χ1) is 8.06. The lowest BCUT2D eigenvalue weighted by Gasteiger charge is -2.26. The number of nitrogens with one attached hydrogen (secondary N) is 1. The minimum atomic E-state index is -0.714. The highest BCUT2D eigenvalue weighted by Gasteiger charge is 2.23. The van der Waals surface area contributed by atoms with Crippen LogP contribution < -0.4 is 5.32 Å². The zero-order valence-corrected chi connectivity index (χ0v) is 14.0. The van der Waals surface area contributed by atoms with Crippen LogP contribution in [-0.4, -0.2) is 22.3 Å². The summed E-state index contributed by atoms with van der Waals surface area (Å²) in [5.41, 5.74) is 1.49. The molecule has 0 bridgehead atoms. The standard InChI is InChI=1S/C12H18INOS2/c1-8(7-17(2)15)14-10-4-3-5-11-9(10)6-12(13)16-11/h6,8,10,14H,3-5,7H2,1-2H3. The molecule has 1 aliphatic rings. The molecule has 1 aromatic rings. The van der Waals surface area contributed by atoms with Gasteiger partial charge < -0.3 is 5.32 Å². The van der Waals surface area contributed by atoms with Crippen molar-refractivity contribution in [3.8, 4) is 0 Å². The molecule has 2 rings (SSSR count). The van der Waals surface area contributed by atoms with Gasteiger partial charge in [-0.25, -0.2) is 0 Å². The van der Waals surface area contributed by atoms with Crippen molar-refractivity contribution in [2.24, 2.45) is 0 Å². The number of hydrogen-bond acceptors (Lipinski definition) is 3. The molecular formula is C12H18INOS2. The summed E-state index contributed by atoms with van der Waals surface area (Å²) in [5.74, 6) is 0.743. The number of rotatable bonds is 4. The predicted molar refractivity (Wildman–Crippen MR) is 84.2 cm³/mol. The van der Waals surface area contributed by atoms with Crippen molar-refractivity contribution in [3.63, 3.8) is 0 Å². The topological polar surface area (TPSA) is 29.1 Å². The Balaban J connectivity index is 2.05. The van der Waals surface area contributed by atoms with Crippen molar-refractivity contribution in [2.75, 3.05) is 12.0 Å². The van der Waals surface area contributed by atoms with Crippen LogP contribution in [-0.2, 0) is 17.2 Å². The van der Waals surface area contributed by atoms with Crippen LogP contribution in [0.2, 0.25) is 0 Å². The molecule has 0 saturated heterocycles. The highest BCUT2D eigenvalue weighted by molar-refractivity contribution is 14.1. The van der Waals surface area contributed by atoms with Gasteiger partial charge in [0.15, 0.2) is 0 Å². The van der Waals surface area contributed by atoms with E-state index in [0.29, 0.717) is 12.1 Å². The van der Waals surface area contributed by atoms with Gasteiger partial charge in [0.1, 0.15) is 0 Å². The average Bonchev–Trinajstić information content (AvgIpc) is 2.58. The molecule has 0 aliphatic heterocycles. The molecule has 5 heteroatoms. The smallest absolute Gasteiger partial charge is 0.0659 e. The summed E-state index contributed by atoms with van der Waals surface area (Å²) >= 11 is 4.33. The lowest BCUT2D eigenvalue weighted by Crippen LogP contribution is -2.35. The first-order valence-electron chi connectivity index (χ1n) is 5.90. The Kier molecular flexibility index (Phi) is 5.03. The van der Waals surface area contributed by atoms with Crippen molar-refractivity contribution in [1.29, 1.82) is 0 Å². The highest BCUT2D eigenvalue weighted by atomic mass is 127. The Morgan fingerprint density at radius 2 is 2.47 bits per heavy atom. The summed E-state index contributed by atoms with van der Waals surface area (Å²) in [6.45, 7) is 2.13. The molecular weight excluding hydrogens is 365 g/mol. The van der Waals surface area contributed by atoms with Gasteiger partial charge in [-0.3, -0.25) is 4.21 Å². The van der Waals surface area contributed by atoms with Gasteiger partial charge in [-0.05, 0) is 60.4 Å². The maximum absolute atomic E-state index is 11.2. The first kappa shape index (κ1) is 14.0. The van der Waals surface area contributed by atoms with Crippen LogP contribution in [0.4, 0.5) is 0 Å². The summed E-state index contributed by atoms with van der Waals surface area (Å²) in [7, 11) is -0.714. The van der Waals surface area contributed by atoms with Crippen LogP contribution in [0.15, 0.2) is 6.07 Å². The second kappa shape index (κ2) is 6.12. The van der Waals surface area contributed by atoms with E-state index in [0.717, 1.165) is 5.75 Å². The van der Waals surface area contributed by atoms with Crippen LogP contribution in [0, 0.1) is 2.88 Å². The van der Waals surface area contributed by atoms with Gasteiger partial charge >= 0.3 is 0 Å². The fourth-order valence-corrected chi connectivity index (χ4v) is 5.36. The minimum absolute atomic E-state index is 0.328. The second-order valence-corrected chi connectivity index (χ2v) is 9.19. The fourth-order valence-electron chi connectivity index (χ4n) is 2.44. The third-order valence-electron chi connectivity index (χ3n) is 3.05. The van der Waals surface area contributed by atoms with E-state index in [1.807, 2.05) is 11.3 Å². The molecule has 0 fully saturated rings. The number of aryl methyl sites for hydroxylation is 1. The van der Waals surface area contributed by atoms with Crippen LogP contribution in [0.3, 0.4) is 0 Å². The lowest BCUT2D eigenvalue weighted by atomic mass is 9.93. The van der Waals surface area contributed by atoms with Crippen molar-refractivity contribution in [3.05, 3.63) is 19.4 Å². The minimum Gasteiger partial charge on any atom is -0.306 e. The highest BCUT2D eigenvalue weighted by Crippen LogP contribution is 2.36. The third-order valence-corrected chi connectivity index (χ3v) is 5.99. The van der Waals surface area contributed by atoms with Crippen LogP contribution >= 0.6 is 33.9 Å². The Bertz CT molecular complexity index is 419. The molecule has 0 saturated carbocycles. The fraction of sp³-hybridized carbons (Fsp3) is 0.667. The Morgan fingerprint density at radius 1 is 1.71 bits per heavy atom. The van der Waals surface area contributed by atoms with Gasteiger partial charge in [0.05, 0.1) is 2.88 Å². The molecule has 1 heterocycles. The van der Waals surface area contributed by atoms with Crippen molar-refractivity contribution in [1.82, 2.24) is 5.32 Å². The van der Waals surface area contributed by atoms with E-state index >= 15 is 0 Å². The summed E-state index contributed by atoms with van der Waals surface area (Å²) in [6.07, 6.45) is 5.48. The molecule has 1 N–H and O–H groups in total. The number of hydrogen-bond donors (Lipinski definition) is 1. The van der Waals surface area contributed by atoms with E-state index in [1.54, 1.807) is 11.1 Å².